The highest BCUT2D eigenvalue weighted by Gasteiger charge is 2.27. The molecule has 0 unspecified atom stereocenters. The van der Waals surface area contributed by atoms with Crippen LogP contribution in [0.4, 0.5) is 16.0 Å². The fourth-order valence-electron chi connectivity index (χ4n) is 3.76. The van der Waals surface area contributed by atoms with Gasteiger partial charge in [-0.3, -0.25) is 19.1 Å². The number of benzene rings is 2. The van der Waals surface area contributed by atoms with Gasteiger partial charge in [0.1, 0.15) is 5.82 Å². The topological polar surface area (TPSA) is 68.1 Å². The molecule has 3 heterocycles. The molecule has 0 fully saturated rings. The van der Waals surface area contributed by atoms with E-state index < -0.39 is 5.82 Å². The summed E-state index contributed by atoms with van der Waals surface area (Å²) in [5.41, 5.74) is 3.01. The lowest BCUT2D eigenvalue weighted by atomic mass is 10.1. The number of fused-ring (bicyclic) bond motifs is 2. The second kappa shape index (κ2) is 7.60. The van der Waals surface area contributed by atoms with Gasteiger partial charge in [-0.2, -0.15) is 0 Å². The van der Waals surface area contributed by atoms with E-state index in [0.717, 1.165) is 16.8 Å². The number of ketones is 1. The van der Waals surface area contributed by atoms with Crippen molar-refractivity contribution >= 4 is 17.4 Å². The second-order valence-electron chi connectivity index (χ2n) is 7.25. The summed E-state index contributed by atoms with van der Waals surface area (Å²) in [6.07, 6.45) is 3.27. The van der Waals surface area contributed by atoms with Gasteiger partial charge in [0.15, 0.2) is 5.78 Å². The van der Waals surface area contributed by atoms with Crippen LogP contribution in [0.15, 0.2) is 83.9 Å². The van der Waals surface area contributed by atoms with E-state index in [1.807, 2.05) is 24.3 Å². The van der Waals surface area contributed by atoms with Crippen LogP contribution in [0.25, 0.3) is 11.3 Å². The third kappa shape index (κ3) is 3.50. The monoisotopic (exact) mass is 412 g/mol. The zero-order valence-electron chi connectivity index (χ0n) is 16.4. The number of anilines is 2. The first-order chi connectivity index (χ1) is 15.1. The predicted molar refractivity (Wildman–Crippen MR) is 115 cm³/mol. The maximum atomic E-state index is 13.6. The normalized spacial score (nSPS) is 12.2. The largest absolute Gasteiger partial charge is 0.304 e. The number of Topliss-reactive ketones (excluding diaryl/α,β-unsaturated/α-hetero) is 1. The summed E-state index contributed by atoms with van der Waals surface area (Å²) in [5, 5.41) is 0. The minimum Gasteiger partial charge on any atom is -0.304 e. The molecule has 0 aliphatic carbocycles. The van der Waals surface area contributed by atoms with E-state index in [1.54, 1.807) is 40.1 Å². The van der Waals surface area contributed by atoms with Crippen LogP contribution in [-0.4, -0.2) is 26.9 Å². The lowest BCUT2D eigenvalue weighted by Gasteiger charge is -2.32. The van der Waals surface area contributed by atoms with E-state index in [9.17, 15) is 14.0 Å². The predicted octanol–water partition coefficient (Wildman–Crippen LogP) is 3.83. The second-order valence-corrected chi connectivity index (χ2v) is 7.25. The molecule has 0 radical (unpaired) electrons. The van der Waals surface area contributed by atoms with Crippen LogP contribution >= 0.6 is 0 Å². The zero-order valence-corrected chi connectivity index (χ0v) is 16.4. The Labute approximate surface area is 177 Å². The smallest absolute Gasteiger partial charge is 0.255 e. The van der Waals surface area contributed by atoms with Gasteiger partial charge in [-0.15, -0.1) is 0 Å². The fourth-order valence-corrected chi connectivity index (χ4v) is 3.76. The minimum atomic E-state index is -0.473. The van der Waals surface area contributed by atoms with Crippen LogP contribution in [0, 0.1) is 5.82 Å². The highest BCUT2D eigenvalue weighted by atomic mass is 19.1. The first-order valence-corrected chi connectivity index (χ1v) is 9.76. The van der Waals surface area contributed by atoms with Gasteiger partial charge < -0.3 is 4.90 Å². The van der Waals surface area contributed by atoms with Gasteiger partial charge in [0, 0.05) is 35.3 Å². The Morgan fingerprint density at radius 3 is 2.61 bits per heavy atom. The highest BCUT2D eigenvalue weighted by molar-refractivity contribution is 6.00. The van der Waals surface area contributed by atoms with Gasteiger partial charge >= 0.3 is 0 Å². The quantitative estimate of drug-likeness (QED) is 0.477. The average Bonchev–Trinajstić information content (AvgIpc) is 2.80. The maximum absolute atomic E-state index is 13.6. The summed E-state index contributed by atoms with van der Waals surface area (Å²) in [7, 11) is 0. The highest BCUT2D eigenvalue weighted by Crippen LogP contribution is 2.33. The molecule has 0 bridgehead atoms. The summed E-state index contributed by atoms with van der Waals surface area (Å²) in [6, 6.07) is 18.2. The van der Waals surface area contributed by atoms with E-state index >= 15 is 0 Å². The third-order valence-electron chi connectivity index (χ3n) is 5.26. The number of carbonyl (C=O) groups is 1. The van der Waals surface area contributed by atoms with Crippen LogP contribution in [0.3, 0.4) is 0 Å². The Morgan fingerprint density at radius 2 is 1.81 bits per heavy atom. The number of pyridine rings is 1. The van der Waals surface area contributed by atoms with Crippen LogP contribution in [0.5, 0.6) is 0 Å². The molecule has 2 aromatic heterocycles. The van der Waals surface area contributed by atoms with Crippen molar-refractivity contribution in [3.63, 3.8) is 0 Å². The zero-order chi connectivity index (χ0) is 21.4. The molecule has 5 rings (SSSR count). The van der Waals surface area contributed by atoms with E-state index in [2.05, 4.69) is 4.98 Å². The molecule has 0 saturated carbocycles. The molecule has 31 heavy (non-hydrogen) atoms. The summed E-state index contributed by atoms with van der Waals surface area (Å²) in [6.45, 7) is 0.283. The molecule has 0 spiro atoms. The number of hydrogen-bond donors (Lipinski definition) is 0. The van der Waals surface area contributed by atoms with Crippen molar-refractivity contribution in [3.05, 3.63) is 106 Å². The van der Waals surface area contributed by atoms with Crippen LogP contribution in [0.2, 0.25) is 0 Å². The van der Waals surface area contributed by atoms with Crippen molar-refractivity contribution in [2.75, 3.05) is 11.4 Å². The van der Waals surface area contributed by atoms with Gasteiger partial charge in [0.2, 0.25) is 5.95 Å². The molecule has 7 heteroatoms. The first kappa shape index (κ1) is 18.9. The Bertz CT molecular complexity index is 1350. The molecular weight excluding hydrogens is 395 g/mol. The molecular formula is C24H17FN4O2. The average molecular weight is 412 g/mol. The molecule has 1 aliphatic heterocycles. The summed E-state index contributed by atoms with van der Waals surface area (Å²) in [4.78, 5) is 36.4. The molecule has 1 aliphatic rings. The number of hydrogen-bond acceptors (Lipinski definition) is 5. The molecule has 6 nitrogen and oxygen atoms in total. The van der Waals surface area contributed by atoms with Crippen molar-refractivity contribution in [1.29, 1.82) is 0 Å². The third-order valence-corrected chi connectivity index (χ3v) is 5.26. The molecule has 0 amide bonds. The van der Waals surface area contributed by atoms with Crippen molar-refractivity contribution in [2.45, 2.75) is 6.54 Å². The Morgan fingerprint density at radius 1 is 1.00 bits per heavy atom. The van der Waals surface area contributed by atoms with Crippen molar-refractivity contribution in [2.24, 2.45) is 0 Å². The van der Waals surface area contributed by atoms with Gasteiger partial charge in [0.05, 0.1) is 18.8 Å². The number of nitrogens with zero attached hydrogens (tertiary/aromatic N) is 4. The van der Waals surface area contributed by atoms with E-state index in [0.29, 0.717) is 18.2 Å². The molecule has 0 atom stereocenters. The SMILES string of the molecule is O=C(CN1c2ccccc2Cn2c1nc(-c1ccncc1)cc2=O)c1cccc(F)c1. The lowest BCUT2D eigenvalue weighted by Crippen LogP contribution is -2.37. The lowest BCUT2D eigenvalue weighted by molar-refractivity contribution is 0.100. The first-order valence-electron chi connectivity index (χ1n) is 9.76. The van der Waals surface area contributed by atoms with Gasteiger partial charge in [-0.25, -0.2) is 9.37 Å². The van der Waals surface area contributed by atoms with E-state index in [-0.39, 0.29) is 23.5 Å². The van der Waals surface area contributed by atoms with Crippen molar-refractivity contribution in [1.82, 2.24) is 14.5 Å². The molecule has 152 valence electrons. The van der Waals surface area contributed by atoms with Crippen molar-refractivity contribution in [3.8, 4) is 11.3 Å². The van der Waals surface area contributed by atoms with Gasteiger partial charge in [0.25, 0.3) is 5.56 Å². The number of para-hydroxylation sites is 1. The van der Waals surface area contributed by atoms with Gasteiger partial charge in [-0.05, 0) is 35.9 Å². The van der Waals surface area contributed by atoms with E-state index in [4.69, 9.17) is 4.98 Å². The van der Waals surface area contributed by atoms with Crippen LogP contribution in [0.1, 0.15) is 15.9 Å². The van der Waals surface area contributed by atoms with Crippen LogP contribution in [-0.2, 0) is 6.54 Å². The number of halogens is 1. The summed E-state index contributed by atoms with van der Waals surface area (Å²) >= 11 is 0. The van der Waals surface area contributed by atoms with Crippen LogP contribution < -0.4 is 10.5 Å². The molecule has 0 N–H and O–H groups in total. The fraction of sp³-hybridized carbons (Fsp3) is 0.0833. The van der Waals surface area contributed by atoms with Crippen molar-refractivity contribution < 1.29 is 9.18 Å². The van der Waals surface area contributed by atoms with Gasteiger partial charge in [-0.1, -0.05) is 30.3 Å². The maximum Gasteiger partial charge on any atom is 0.255 e. The Kier molecular flexibility index (Phi) is 4.63. The summed E-state index contributed by atoms with van der Waals surface area (Å²) in [5.74, 6) is -0.367. The Hall–Kier alpha value is -4.13. The Balaban J connectivity index is 1.63. The standard InChI is InChI=1S/C24H17FN4O2/c25-19-6-3-5-17(12-19)22(30)15-28-21-7-2-1-4-18(21)14-29-23(31)13-20(27-24(28)29)16-8-10-26-11-9-16/h1-13H,14-15H2. The molecule has 0 saturated heterocycles. The van der Waals surface area contributed by atoms with E-state index in [1.165, 1.54) is 24.3 Å². The number of rotatable bonds is 4. The molecule has 2 aromatic carbocycles. The minimum absolute atomic E-state index is 0.0767. The molecule has 4 aromatic rings. The summed E-state index contributed by atoms with van der Waals surface area (Å²) < 4.78 is 15.2. The number of aromatic nitrogens is 3. The number of carbonyl (C=O) groups excluding carboxylic acids is 1.